The summed E-state index contributed by atoms with van der Waals surface area (Å²) in [5, 5.41) is 18.5. The predicted octanol–water partition coefficient (Wildman–Crippen LogP) is 1.16. The Hall–Kier alpha value is -1.67. The molecule has 1 heterocycles. The third kappa shape index (κ3) is 3.18. The standard InChI is InChI=1S/C9H9ClN4O/c1-2-6(5-11)12-9(15)7-3-4-8(10)14-13-7/h3-4,6H,2H2,1H3,(H,12,15). The Balaban J connectivity index is 2.70. The van der Waals surface area contributed by atoms with Crippen LogP contribution in [-0.4, -0.2) is 22.1 Å². The number of nitriles is 1. The van der Waals surface area contributed by atoms with Gasteiger partial charge in [0.2, 0.25) is 0 Å². The van der Waals surface area contributed by atoms with Crippen molar-refractivity contribution in [3.63, 3.8) is 0 Å². The minimum atomic E-state index is -0.505. The number of nitrogens with zero attached hydrogens (tertiary/aromatic N) is 3. The van der Waals surface area contributed by atoms with Crippen LogP contribution in [0.15, 0.2) is 12.1 Å². The van der Waals surface area contributed by atoms with Gasteiger partial charge >= 0.3 is 0 Å². The molecule has 6 heteroatoms. The van der Waals surface area contributed by atoms with Gasteiger partial charge in [-0.05, 0) is 18.6 Å². The summed E-state index contributed by atoms with van der Waals surface area (Å²) in [6.07, 6.45) is 0.545. The van der Waals surface area contributed by atoms with Crippen LogP contribution in [-0.2, 0) is 0 Å². The minimum absolute atomic E-state index is 0.146. The molecule has 78 valence electrons. The van der Waals surface area contributed by atoms with Gasteiger partial charge in [0.1, 0.15) is 6.04 Å². The quantitative estimate of drug-likeness (QED) is 0.836. The normalized spacial score (nSPS) is 11.5. The highest BCUT2D eigenvalue weighted by Gasteiger charge is 2.12. The molecule has 0 saturated heterocycles. The van der Waals surface area contributed by atoms with Crippen molar-refractivity contribution in [3.8, 4) is 6.07 Å². The van der Waals surface area contributed by atoms with Crippen LogP contribution in [0.2, 0.25) is 5.15 Å². The first kappa shape index (κ1) is 11.4. The smallest absolute Gasteiger partial charge is 0.272 e. The predicted molar refractivity (Wildman–Crippen MR) is 54.2 cm³/mol. The molecule has 1 atom stereocenters. The topological polar surface area (TPSA) is 78.7 Å². The van der Waals surface area contributed by atoms with Gasteiger partial charge in [0, 0.05) is 0 Å². The molecular formula is C9H9ClN4O. The number of rotatable bonds is 3. The van der Waals surface area contributed by atoms with E-state index in [0.29, 0.717) is 6.42 Å². The molecule has 0 radical (unpaired) electrons. The summed E-state index contributed by atoms with van der Waals surface area (Å²) in [7, 11) is 0. The lowest BCUT2D eigenvalue weighted by Crippen LogP contribution is -2.33. The fourth-order valence-electron chi connectivity index (χ4n) is 0.895. The molecule has 1 unspecified atom stereocenters. The van der Waals surface area contributed by atoms with Crippen LogP contribution in [0.1, 0.15) is 23.8 Å². The van der Waals surface area contributed by atoms with Gasteiger partial charge in [0.15, 0.2) is 10.8 Å². The molecule has 1 N–H and O–H groups in total. The molecule has 5 nitrogen and oxygen atoms in total. The summed E-state index contributed by atoms with van der Waals surface area (Å²) >= 11 is 5.52. The van der Waals surface area contributed by atoms with Gasteiger partial charge in [0.25, 0.3) is 5.91 Å². The Morgan fingerprint density at radius 3 is 2.87 bits per heavy atom. The molecule has 1 amide bonds. The molecular weight excluding hydrogens is 216 g/mol. The van der Waals surface area contributed by atoms with Crippen molar-refractivity contribution in [1.82, 2.24) is 15.5 Å². The van der Waals surface area contributed by atoms with Crippen LogP contribution in [0, 0.1) is 11.3 Å². The molecule has 0 bridgehead atoms. The Labute approximate surface area is 92.1 Å². The maximum absolute atomic E-state index is 11.5. The van der Waals surface area contributed by atoms with Crippen molar-refractivity contribution < 1.29 is 4.79 Å². The Bertz CT molecular complexity index is 384. The molecule has 0 aromatic carbocycles. The number of hydrogen-bond acceptors (Lipinski definition) is 4. The van der Waals surface area contributed by atoms with Gasteiger partial charge in [-0.2, -0.15) is 5.26 Å². The fourth-order valence-corrected chi connectivity index (χ4v) is 0.996. The van der Waals surface area contributed by atoms with Crippen molar-refractivity contribution in [2.75, 3.05) is 0 Å². The van der Waals surface area contributed by atoms with Crippen LogP contribution in [0.3, 0.4) is 0 Å². The van der Waals surface area contributed by atoms with Crippen LogP contribution < -0.4 is 5.32 Å². The number of halogens is 1. The van der Waals surface area contributed by atoms with E-state index in [1.54, 1.807) is 0 Å². The van der Waals surface area contributed by atoms with E-state index in [1.807, 2.05) is 13.0 Å². The molecule has 0 aliphatic carbocycles. The van der Waals surface area contributed by atoms with Gasteiger partial charge < -0.3 is 5.32 Å². The van der Waals surface area contributed by atoms with Crippen molar-refractivity contribution in [2.24, 2.45) is 0 Å². The maximum Gasteiger partial charge on any atom is 0.272 e. The first-order valence-electron chi connectivity index (χ1n) is 4.37. The molecule has 1 aromatic rings. The molecule has 0 saturated carbocycles. The zero-order valence-electron chi connectivity index (χ0n) is 8.07. The van der Waals surface area contributed by atoms with E-state index >= 15 is 0 Å². The van der Waals surface area contributed by atoms with Gasteiger partial charge in [-0.1, -0.05) is 18.5 Å². The highest BCUT2D eigenvalue weighted by molar-refractivity contribution is 6.29. The van der Waals surface area contributed by atoms with Gasteiger partial charge in [-0.15, -0.1) is 10.2 Å². The van der Waals surface area contributed by atoms with E-state index in [0.717, 1.165) is 0 Å². The summed E-state index contributed by atoms with van der Waals surface area (Å²) in [6, 6.07) is 4.38. The summed E-state index contributed by atoms with van der Waals surface area (Å²) in [4.78, 5) is 11.5. The Morgan fingerprint density at radius 2 is 2.40 bits per heavy atom. The summed E-state index contributed by atoms with van der Waals surface area (Å²) < 4.78 is 0. The zero-order chi connectivity index (χ0) is 11.3. The van der Waals surface area contributed by atoms with Crippen molar-refractivity contribution >= 4 is 17.5 Å². The molecule has 1 aromatic heterocycles. The second kappa shape index (κ2) is 5.27. The summed E-state index contributed by atoms with van der Waals surface area (Å²) in [6.45, 7) is 1.81. The fraction of sp³-hybridized carbons (Fsp3) is 0.333. The third-order valence-electron chi connectivity index (χ3n) is 1.73. The highest BCUT2D eigenvalue weighted by atomic mass is 35.5. The minimum Gasteiger partial charge on any atom is -0.335 e. The second-order valence-corrected chi connectivity index (χ2v) is 3.19. The van der Waals surface area contributed by atoms with E-state index in [1.165, 1.54) is 12.1 Å². The Kier molecular flexibility index (Phi) is 4.01. The molecule has 0 aliphatic rings. The monoisotopic (exact) mass is 224 g/mol. The maximum atomic E-state index is 11.5. The van der Waals surface area contributed by atoms with Crippen LogP contribution in [0.4, 0.5) is 0 Å². The average molecular weight is 225 g/mol. The first-order valence-corrected chi connectivity index (χ1v) is 4.75. The molecule has 15 heavy (non-hydrogen) atoms. The molecule has 0 aliphatic heterocycles. The molecule has 0 spiro atoms. The van der Waals surface area contributed by atoms with Crippen molar-refractivity contribution in [3.05, 3.63) is 23.0 Å². The number of carbonyl (C=O) groups is 1. The highest BCUT2D eigenvalue weighted by Crippen LogP contribution is 2.02. The van der Waals surface area contributed by atoms with E-state index in [-0.39, 0.29) is 10.8 Å². The average Bonchev–Trinajstić information content (AvgIpc) is 2.26. The summed E-state index contributed by atoms with van der Waals surface area (Å²) in [5.74, 6) is -0.424. The summed E-state index contributed by atoms with van der Waals surface area (Å²) in [5.41, 5.74) is 0.146. The van der Waals surface area contributed by atoms with Crippen LogP contribution >= 0.6 is 11.6 Å². The van der Waals surface area contributed by atoms with E-state index in [9.17, 15) is 4.79 Å². The lowest BCUT2D eigenvalue weighted by molar-refractivity contribution is 0.0938. The van der Waals surface area contributed by atoms with Gasteiger partial charge in [-0.3, -0.25) is 4.79 Å². The molecule has 0 fully saturated rings. The number of nitrogens with one attached hydrogen (secondary N) is 1. The second-order valence-electron chi connectivity index (χ2n) is 2.80. The van der Waals surface area contributed by atoms with E-state index in [2.05, 4.69) is 15.5 Å². The van der Waals surface area contributed by atoms with Crippen molar-refractivity contribution in [1.29, 1.82) is 5.26 Å². The number of carbonyl (C=O) groups excluding carboxylic acids is 1. The third-order valence-corrected chi connectivity index (χ3v) is 1.94. The first-order chi connectivity index (χ1) is 7.17. The molecule has 1 rings (SSSR count). The van der Waals surface area contributed by atoms with Crippen molar-refractivity contribution in [2.45, 2.75) is 19.4 Å². The zero-order valence-corrected chi connectivity index (χ0v) is 8.82. The lowest BCUT2D eigenvalue weighted by Gasteiger charge is -2.07. The SMILES string of the molecule is CCC(C#N)NC(=O)c1ccc(Cl)nn1. The van der Waals surface area contributed by atoms with E-state index in [4.69, 9.17) is 16.9 Å². The number of amides is 1. The van der Waals surface area contributed by atoms with Crippen LogP contribution in [0.25, 0.3) is 0 Å². The van der Waals surface area contributed by atoms with Gasteiger partial charge in [-0.25, -0.2) is 0 Å². The van der Waals surface area contributed by atoms with Crippen LogP contribution in [0.5, 0.6) is 0 Å². The Morgan fingerprint density at radius 1 is 1.67 bits per heavy atom. The number of hydrogen-bond donors (Lipinski definition) is 1. The lowest BCUT2D eigenvalue weighted by atomic mass is 10.2. The largest absolute Gasteiger partial charge is 0.335 e. The number of aromatic nitrogens is 2. The van der Waals surface area contributed by atoms with Gasteiger partial charge in [0.05, 0.1) is 6.07 Å². The van der Waals surface area contributed by atoms with E-state index < -0.39 is 11.9 Å².